The van der Waals surface area contributed by atoms with Crippen molar-refractivity contribution in [2.24, 2.45) is 11.8 Å². The average molecular weight is 308 g/mol. The molecule has 0 bridgehead atoms. The Morgan fingerprint density at radius 3 is 2.76 bits per heavy atom. The summed E-state index contributed by atoms with van der Waals surface area (Å²) in [5.74, 6) is 0.734. The lowest BCUT2D eigenvalue weighted by Crippen LogP contribution is -2.25. The molecule has 0 aromatic heterocycles. The van der Waals surface area contributed by atoms with Crippen molar-refractivity contribution in [3.05, 3.63) is 24.3 Å². The van der Waals surface area contributed by atoms with E-state index in [2.05, 4.69) is 5.32 Å². The number of carbonyl (C=O) groups is 1. The van der Waals surface area contributed by atoms with E-state index < -0.39 is 10.0 Å². The first-order valence-corrected chi connectivity index (χ1v) is 8.99. The Bertz CT molecular complexity index is 653. The van der Waals surface area contributed by atoms with Crippen LogP contribution in [0.4, 0.5) is 11.4 Å². The number of nitrogens with zero attached hydrogens (tertiary/aromatic N) is 1. The molecular formula is C15H20N2O3S. The van der Waals surface area contributed by atoms with Crippen LogP contribution in [-0.2, 0) is 14.8 Å². The van der Waals surface area contributed by atoms with Crippen molar-refractivity contribution in [2.45, 2.75) is 26.2 Å². The van der Waals surface area contributed by atoms with Crippen LogP contribution in [0, 0.1) is 11.8 Å². The predicted octanol–water partition coefficient (Wildman–Crippen LogP) is 2.21. The Morgan fingerprint density at radius 1 is 1.38 bits per heavy atom. The predicted molar refractivity (Wildman–Crippen MR) is 82.7 cm³/mol. The summed E-state index contributed by atoms with van der Waals surface area (Å²) in [6.07, 6.45) is 2.90. The van der Waals surface area contributed by atoms with Crippen molar-refractivity contribution in [1.29, 1.82) is 0 Å². The van der Waals surface area contributed by atoms with Crippen LogP contribution < -0.4 is 9.62 Å². The van der Waals surface area contributed by atoms with Crippen molar-refractivity contribution in [1.82, 2.24) is 0 Å². The van der Waals surface area contributed by atoms with E-state index in [9.17, 15) is 13.2 Å². The maximum absolute atomic E-state index is 12.1. The molecule has 1 aliphatic carbocycles. The largest absolute Gasteiger partial charge is 0.326 e. The number of rotatable bonds is 4. The molecule has 2 fully saturated rings. The Hall–Kier alpha value is -1.56. The zero-order chi connectivity index (χ0) is 15.0. The minimum atomic E-state index is -3.18. The molecule has 1 saturated heterocycles. The van der Waals surface area contributed by atoms with Gasteiger partial charge >= 0.3 is 0 Å². The SMILES string of the molecule is CC(C(=O)Nc1cccc(N2CCCS2(=O)=O)c1)C1CC1. The van der Waals surface area contributed by atoms with Gasteiger partial charge in [-0.3, -0.25) is 9.10 Å². The van der Waals surface area contributed by atoms with E-state index in [0.717, 1.165) is 12.8 Å². The highest BCUT2D eigenvalue weighted by Crippen LogP contribution is 2.37. The first-order valence-electron chi connectivity index (χ1n) is 7.39. The van der Waals surface area contributed by atoms with E-state index in [1.807, 2.05) is 6.92 Å². The highest BCUT2D eigenvalue weighted by Gasteiger charge is 2.33. The van der Waals surface area contributed by atoms with E-state index in [-0.39, 0.29) is 17.6 Å². The zero-order valence-corrected chi connectivity index (χ0v) is 12.9. The number of benzene rings is 1. The van der Waals surface area contributed by atoms with Gasteiger partial charge < -0.3 is 5.32 Å². The van der Waals surface area contributed by atoms with Gasteiger partial charge in [-0.15, -0.1) is 0 Å². The third-order valence-corrected chi connectivity index (χ3v) is 6.11. The fourth-order valence-corrected chi connectivity index (χ4v) is 4.29. The molecule has 1 aliphatic heterocycles. The molecule has 0 radical (unpaired) electrons. The zero-order valence-electron chi connectivity index (χ0n) is 12.1. The van der Waals surface area contributed by atoms with Crippen LogP contribution in [0.2, 0.25) is 0 Å². The Balaban J connectivity index is 1.75. The number of sulfonamides is 1. The average Bonchev–Trinajstić information content (AvgIpc) is 3.22. The second-order valence-electron chi connectivity index (χ2n) is 5.91. The lowest BCUT2D eigenvalue weighted by Gasteiger charge is -2.18. The molecular weight excluding hydrogens is 288 g/mol. The number of hydrogen-bond donors (Lipinski definition) is 1. The molecule has 1 N–H and O–H groups in total. The third kappa shape index (κ3) is 3.05. The summed E-state index contributed by atoms with van der Waals surface area (Å²) >= 11 is 0. The molecule has 1 aromatic rings. The summed E-state index contributed by atoms with van der Waals surface area (Å²) < 4.78 is 25.3. The second-order valence-corrected chi connectivity index (χ2v) is 7.92. The summed E-state index contributed by atoms with van der Waals surface area (Å²) in [4.78, 5) is 12.1. The van der Waals surface area contributed by atoms with Gasteiger partial charge in [0.15, 0.2) is 0 Å². The van der Waals surface area contributed by atoms with Gasteiger partial charge in [0.25, 0.3) is 0 Å². The van der Waals surface area contributed by atoms with E-state index >= 15 is 0 Å². The summed E-state index contributed by atoms with van der Waals surface area (Å²) in [7, 11) is -3.18. The second kappa shape index (κ2) is 5.33. The van der Waals surface area contributed by atoms with E-state index in [1.54, 1.807) is 24.3 Å². The molecule has 1 aromatic carbocycles. The van der Waals surface area contributed by atoms with Crippen LogP contribution in [0.25, 0.3) is 0 Å². The van der Waals surface area contributed by atoms with Crippen molar-refractivity contribution in [3.8, 4) is 0 Å². The summed E-state index contributed by atoms with van der Waals surface area (Å²) in [6.45, 7) is 2.46. The quantitative estimate of drug-likeness (QED) is 0.927. The van der Waals surface area contributed by atoms with Gasteiger partial charge in [0.2, 0.25) is 15.9 Å². The van der Waals surface area contributed by atoms with Crippen molar-refractivity contribution in [3.63, 3.8) is 0 Å². The van der Waals surface area contributed by atoms with Crippen LogP contribution in [0.1, 0.15) is 26.2 Å². The Morgan fingerprint density at radius 2 is 2.14 bits per heavy atom. The van der Waals surface area contributed by atoms with E-state index in [4.69, 9.17) is 0 Å². The van der Waals surface area contributed by atoms with Crippen LogP contribution in [0.3, 0.4) is 0 Å². The number of amides is 1. The van der Waals surface area contributed by atoms with Crippen molar-refractivity contribution in [2.75, 3.05) is 21.9 Å². The highest BCUT2D eigenvalue weighted by atomic mass is 32.2. The van der Waals surface area contributed by atoms with Crippen LogP contribution in [-0.4, -0.2) is 26.6 Å². The molecule has 1 amide bonds. The maximum atomic E-state index is 12.1. The molecule has 1 unspecified atom stereocenters. The molecule has 0 spiro atoms. The molecule has 3 rings (SSSR count). The first kappa shape index (κ1) is 14.4. The monoisotopic (exact) mass is 308 g/mol. The van der Waals surface area contributed by atoms with Gasteiger partial charge in [-0.2, -0.15) is 0 Å². The normalized spacial score (nSPS) is 22.0. The van der Waals surface area contributed by atoms with Gasteiger partial charge in [-0.25, -0.2) is 8.42 Å². The van der Waals surface area contributed by atoms with E-state index in [1.165, 1.54) is 4.31 Å². The first-order chi connectivity index (χ1) is 9.97. The molecule has 21 heavy (non-hydrogen) atoms. The number of anilines is 2. The topological polar surface area (TPSA) is 66.5 Å². The fraction of sp³-hybridized carbons (Fsp3) is 0.533. The molecule has 1 heterocycles. The molecule has 2 aliphatic rings. The highest BCUT2D eigenvalue weighted by molar-refractivity contribution is 7.93. The van der Waals surface area contributed by atoms with Crippen molar-refractivity contribution >= 4 is 27.3 Å². The van der Waals surface area contributed by atoms with Gasteiger partial charge in [-0.05, 0) is 43.4 Å². The smallest absolute Gasteiger partial charge is 0.235 e. The Labute approximate surface area is 125 Å². The third-order valence-electron chi connectivity index (χ3n) is 4.24. The minimum absolute atomic E-state index is 0.0129. The molecule has 5 nitrogen and oxygen atoms in total. The van der Waals surface area contributed by atoms with Gasteiger partial charge in [0.05, 0.1) is 11.4 Å². The fourth-order valence-electron chi connectivity index (χ4n) is 2.73. The van der Waals surface area contributed by atoms with Crippen LogP contribution in [0.15, 0.2) is 24.3 Å². The van der Waals surface area contributed by atoms with Crippen molar-refractivity contribution < 1.29 is 13.2 Å². The number of nitrogens with one attached hydrogen (secondary N) is 1. The maximum Gasteiger partial charge on any atom is 0.235 e. The van der Waals surface area contributed by atoms with Gasteiger partial charge in [-0.1, -0.05) is 13.0 Å². The van der Waals surface area contributed by atoms with Crippen LogP contribution in [0.5, 0.6) is 0 Å². The lowest BCUT2D eigenvalue weighted by atomic mass is 10.1. The Kier molecular flexibility index (Phi) is 3.65. The van der Waals surface area contributed by atoms with E-state index in [0.29, 0.717) is 30.3 Å². The summed E-state index contributed by atoms with van der Waals surface area (Å²) in [5, 5.41) is 2.89. The lowest BCUT2D eigenvalue weighted by molar-refractivity contribution is -0.119. The minimum Gasteiger partial charge on any atom is -0.326 e. The summed E-state index contributed by atoms with van der Waals surface area (Å²) in [5.41, 5.74) is 1.29. The van der Waals surface area contributed by atoms with Gasteiger partial charge in [0, 0.05) is 18.2 Å². The molecule has 114 valence electrons. The van der Waals surface area contributed by atoms with Gasteiger partial charge in [0.1, 0.15) is 0 Å². The summed E-state index contributed by atoms with van der Waals surface area (Å²) in [6, 6.07) is 7.08. The standard InChI is InChI=1S/C15H20N2O3S/c1-11(12-6-7-12)15(18)16-13-4-2-5-14(10-13)17-8-3-9-21(17,19)20/h2,4-5,10-12H,3,6-9H2,1H3,(H,16,18). The number of hydrogen-bond acceptors (Lipinski definition) is 3. The van der Waals surface area contributed by atoms with Crippen LogP contribution >= 0.6 is 0 Å². The molecule has 6 heteroatoms. The molecule has 1 atom stereocenters. The molecule has 1 saturated carbocycles. The number of carbonyl (C=O) groups excluding carboxylic acids is 1.